The highest BCUT2D eigenvalue weighted by molar-refractivity contribution is 5.55. The van der Waals surface area contributed by atoms with Crippen LogP contribution in [-0.2, 0) is 6.42 Å². The summed E-state index contributed by atoms with van der Waals surface area (Å²) in [7, 11) is 0. The summed E-state index contributed by atoms with van der Waals surface area (Å²) in [4.78, 5) is 18.6. The molecule has 0 aliphatic carbocycles. The van der Waals surface area contributed by atoms with Gasteiger partial charge >= 0.3 is 0 Å². The second-order valence-electron chi connectivity index (χ2n) is 4.13. The van der Waals surface area contributed by atoms with Crippen molar-refractivity contribution < 1.29 is 10.2 Å². The fourth-order valence-electron chi connectivity index (χ4n) is 1.80. The molecule has 2 rings (SSSR count). The second kappa shape index (κ2) is 5.53. The van der Waals surface area contributed by atoms with Gasteiger partial charge in [0.1, 0.15) is 5.75 Å². The summed E-state index contributed by atoms with van der Waals surface area (Å²) < 4.78 is 0. The summed E-state index contributed by atoms with van der Waals surface area (Å²) in [6.45, 7) is 1.62. The first-order chi connectivity index (χ1) is 9.10. The topological polar surface area (TPSA) is 98.2 Å². The van der Waals surface area contributed by atoms with Crippen molar-refractivity contribution in [1.82, 2.24) is 9.97 Å². The number of aliphatic hydroxyl groups is 1. The fraction of sp³-hybridized carbons (Fsp3) is 0.231. The van der Waals surface area contributed by atoms with Gasteiger partial charge in [-0.25, -0.2) is 4.98 Å². The number of aromatic amines is 1. The number of aromatic hydroxyl groups is 1. The quantitative estimate of drug-likeness (QED) is 0.659. The molecule has 0 aliphatic rings. The van der Waals surface area contributed by atoms with Gasteiger partial charge in [-0.15, -0.1) is 0 Å². The number of aryl methyl sites for hydroxylation is 1. The SMILES string of the molecule is Cc1nc(Nc2cccc(O)c2)[nH]c(=O)c1CCO. The van der Waals surface area contributed by atoms with Crippen LogP contribution >= 0.6 is 0 Å². The molecule has 19 heavy (non-hydrogen) atoms. The van der Waals surface area contributed by atoms with Crippen molar-refractivity contribution in [3.63, 3.8) is 0 Å². The van der Waals surface area contributed by atoms with Crippen LogP contribution in [0.15, 0.2) is 29.1 Å². The van der Waals surface area contributed by atoms with E-state index in [2.05, 4.69) is 15.3 Å². The van der Waals surface area contributed by atoms with Crippen molar-refractivity contribution in [2.24, 2.45) is 0 Å². The number of aromatic nitrogens is 2. The van der Waals surface area contributed by atoms with Gasteiger partial charge in [-0.3, -0.25) is 9.78 Å². The molecule has 0 spiro atoms. The highest BCUT2D eigenvalue weighted by atomic mass is 16.3. The fourth-order valence-corrected chi connectivity index (χ4v) is 1.80. The summed E-state index contributed by atoms with van der Waals surface area (Å²) >= 11 is 0. The number of anilines is 2. The number of phenols is 1. The Bertz CT molecular complexity index is 637. The van der Waals surface area contributed by atoms with Gasteiger partial charge in [-0.2, -0.15) is 0 Å². The zero-order valence-electron chi connectivity index (χ0n) is 10.5. The first-order valence-corrected chi connectivity index (χ1v) is 5.87. The van der Waals surface area contributed by atoms with E-state index in [1.54, 1.807) is 25.1 Å². The average Bonchev–Trinajstić information content (AvgIpc) is 2.34. The van der Waals surface area contributed by atoms with Crippen LogP contribution in [0.4, 0.5) is 11.6 Å². The van der Waals surface area contributed by atoms with Crippen molar-refractivity contribution in [1.29, 1.82) is 0 Å². The number of nitrogens with one attached hydrogen (secondary N) is 2. The van der Waals surface area contributed by atoms with Crippen LogP contribution in [0.25, 0.3) is 0 Å². The van der Waals surface area contributed by atoms with Crippen LogP contribution in [0, 0.1) is 6.92 Å². The van der Waals surface area contributed by atoms with Crippen molar-refractivity contribution in [2.75, 3.05) is 11.9 Å². The molecule has 100 valence electrons. The number of H-pyrrole nitrogens is 1. The highest BCUT2D eigenvalue weighted by Gasteiger charge is 2.07. The third kappa shape index (κ3) is 3.11. The molecule has 6 heteroatoms. The molecule has 0 fully saturated rings. The molecule has 0 saturated heterocycles. The average molecular weight is 261 g/mol. The van der Waals surface area contributed by atoms with Gasteiger partial charge in [0.25, 0.3) is 5.56 Å². The zero-order chi connectivity index (χ0) is 13.8. The number of rotatable bonds is 4. The zero-order valence-corrected chi connectivity index (χ0v) is 10.5. The molecule has 0 unspecified atom stereocenters. The Hall–Kier alpha value is -2.34. The third-order valence-electron chi connectivity index (χ3n) is 2.69. The summed E-state index contributed by atoms with van der Waals surface area (Å²) in [6.07, 6.45) is 0.278. The highest BCUT2D eigenvalue weighted by Crippen LogP contribution is 2.18. The Morgan fingerprint density at radius 2 is 2.21 bits per heavy atom. The van der Waals surface area contributed by atoms with E-state index in [-0.39, 0.29) is 24.3 Å². The predicted molar refractivity (Wildman–Crippen MR) is 71.8 cm³/mol. The van der Waals surface area contributed by atoms with Gasteiger partial charge in [0.05, 0.1) is 5.69 Å². The molecule has 4 N–H and O–H groups in total. The van der Waals surface area contributed by atoms with Crippen LogP contribution in [0.5, 0.6) is 5.75 Å². The molecule has 0 bridgehead atoms. The van der Waals surface area contributed by atoms with Crippen molar-refractivity contribution in [3.8, 4) is 5.75 Å². The van der Waals surface area contributed by atoms with Crippen molar-refractivity contribution >= 4 is 11.6 Å². The minimum atomic E-state index is -0.274. The molecule has 0 saturated carbocycles. The number of phenolic OH excluding ortho intramolecular Hbond substituents is 1. The number of hydrogen-bond donors (Lipinski definition) is 4. The van der Waals surface area contributed by atoms with E-state index in [1.807, 2.05) is 0 Å². The van der Waals surface area contributed by atoms with Crippen molar-refractivity contribution in [2.45, 2.75) is 13.3 Å². The number of benzene rings is 1. The second-order valence-corrected chi connectivity index (χ2v) is 4.13. The van der Waals surface area contributed by atoms with E-state index in [0.29, 0.717) is 22.9 Å². The van der Waals surface area contributed by atoms with E-state index in [9.17, 15) is 9.90 Å². The van der Waals surface area contributed by atoms with Gasteiger partial charge in [-0.05, 0) is 19.1 Å². The maximum Gasteiger partial charge on any atom is 0.255 e. The van der Waals surface area contributed by atoms with Gasteiger partial charge in [0.2, 0.25) is 5.95 Å². The summed E-state index contributed by atoms with van der Waals surface area (Å²) in [6, 6.07) is 6.51. The summed E-state index contributed by atoms with van der Waals surface area (Å²) in [5.41, 5.74) is 1.39. The largest absolute Gasteiger partial charge is 0.508 e. The third-order valence-corrected chi connectivity index (χ3v) is 2.69. The van der Waals surface area contributed by atoms with Crippen LogP contribution in [0.1, 0.15) is 11.3 Å². The Morgan fingerprint density at radius 3 is 2.84 bits per heavy atom. The molecule has 0 atom stereocenters. The molecule has 0 amide bonds. The maximum absolute atomic E-state index is 11.8. The predicted octanol–water partition coefficient (Wildman–Crippen LogP) is 1.06. The lowest BCUT2D eigenvalue weighted by molar-refractivity contribution is 0.298. The standard InChI is InChI=1S/C13H15N3O3/c1-8-11(5-6-17)12(19)16-13(14-8)15-9-3-2-4-10(18)7-9/h2-4,7,17-18H,5-6H2,1H3,(H2,14,15,16,19). The lowest BCUT2D eigenvalue weighted by Gasteiger charge is -2.08. The molecule has 1 aromatic carbocycles. The van der Waals surface area contributed by atoms with Crippen LogP contribution in [0.2, 0.25) is 0 Å². The first-order valence-electron chi connectivity index (χ1n) is 5.87. The first kappa shape index (κ1) is 13.1. The summed E-state index contributed by atoms with van der Waals surface area (Å²) in [5, 5.41) is 21.1. The molecular formula is C13H15N3O3. The van der Waals surface area contributed by atoms with E-state index >= 15 is 0 Å². The van der Waals surface area contributed by atoms with Crippen molar-refractivity contribution in [3.05, 3.63) is 45.9 Å². The van der Waals surface area contributed by atoms with Crippen LogP contribution < -0.4 is 10.9 Å². The molecular weight excluding hydrogens is 246 g/mol. The lowest BCUT2D eigenvalue weighted by atomic mass is 10.2. The van der Waals surface area contributed by atoms with E-state index in [0.717, 1.165) is 0 Å². The molecule has 0 aliphatic heterocycles. The van der Waals surface area contributed by atoms with Gasteiger partial charge in [0, 0.05) is 30.3 Å². The monoisotopic (exact) mass is 261 g/mol. The van der Waals surface area contributed by atoms with E-state index in [1.165, 1.54) is 6.07 Å². The Labute approximate surface area is 109 Å². The van der Waals surface area contributed by atoms with Crippen LogP contribution in [-0.4, -0.2) is 26.8 Å². The molecule has 1 heterocycles. The lowest BCUT2D eigenvalue weighted by Crippen LogP contribution is -2.19. The number of aliphatic hydroxyl groups excluding tert-OH is 1. The Balaban J connectivity index is 2.29. The van der Waals surface area contributed by atoms with E-state index in [4.69, 9.17) is 5.11 Å². The number of nitrogens with zero attached hydrogens (tertiary/aromatic N) is 1. The minimum absolute atomic E-state index is 0.0923. The Morgan fingerprint density at radius 1 is 1.42 bits per heavy atom. The summed E-state index contributed by atoms with van der Waals surface area (Å²) in [5.74, 6) is 0.427. The Kier molecular flexibility index (Phi) is 3.82. The van der Waals surface area contributed by atoms with E-state index < -0.39 is 0 Å². The maximum atomic E-state index is 11.8. The molecule has 2 aromatic rings. The smallest absolute Gasteiger partial charge is 0.255 e. The molecule has 6 nitrogen and oxygen atoms in total. The molecule has 0 radical (unpaired) electrons. The van der Waals surface area contributed by atoms with Gasteiger partial charge < -0.3 is 15.5 Å². The minimum Gasteiger partial charge on any atom is -0.508 e. The van der Waals surface area contributed by atoms with Crippen LogP contribution in [0.3, 0.4) is 0 Å². The molecule has 1 aromatic heterocycles. The van der Waals surface area contributed by atoms with Gasteiger partial charge in [-0.1, -0.05) is 6.07 Å². The number of hydrogen-bond acceptors (Lipinski definition) is 5. The van der Waals surface area contributed by atoms with Gasteiger partial charge in [0.15, 0.2) is 0 Å². The normalized spacial score (nSPS) is 10.4.